The summed E-state index contributed by atoms with van der Waals surface area (Å²) in [5.41, 5.74) is 3.23. The lowest BCUT2D eigenvalue weighted by molar-refractivity contribution is -0.0488. The van der Waals surface area contributed by atoms with Gasteiger partial charge >= 0.3 is 0 Å². The average molecular weight is 380 g/mol. The first kappa shape index (κ1) is 18.0. The van der Waals surface area contributed by atoms with Crippen LogP contribution >= 0.6 is 0 Å². The van der Waals surface area contributed by atoms with Crippen LogP contribution in [0.1, 0.15) is 36.7 Å². The molecular weight excluding hydrogens is 352 g/mol. The molecule has 0 amide bonds. The molecule has 1 saturated heterocycles. The van der Waals surface area contributed by atoms with Crippen molar-refractivity contribution >= 4 is 0 Å². The van der Waals surface area contributed by atoms with Crippen LogP contribution in [0.4, 0.5) is 0 Å². The topological polar surface area (TPSA) is 54.7 Å². The van der Waals surface area contributed by atoms with Gasteiger partial charge in [-0.05, 0) is 48.6 Å². The van der Waals surface area contributed by atoms with Crippen LogP contribution in [0.3, 0.4) is 0 Å². The standard InChI is InChI=1S/C23H28N2O3/c1-16(19-9-23(10-19)14-24-15-23)28-22-13-27-20(8-21(22)26)12-25-7-6-17-4-2-3-5-18(17)11-25/h2-5,8,13,16,19,24H,6-7,9-12,14-15H2,1H3. The second-order valence-electron chi connectivity index (χ2n) is 8.90. The monoisotopic (exact) mass is 380 g/mol. The van der Waals surface area contributed by atoms with E-state index in [-0.39, 0.29) is 11.5 Å². The van der Waals surface area contributed by atoms with Crippen LogP contribution in [0.2, 0.25) is 0 Å². The summed E-state index contributed by atoms with van der Waals surface area (Å²) in [6.45, 7) is 6.86. The average Bonchev–Trinajstić information content (AvgIpc) is 2.61. The molecule has 2 aromatic rings. The molecule has 1 unspecified atom stereocenters. The van der Waals surface area contributed by atoms with Gasteiger partial charge in [-0.3, -0.25) is 9.69 Å². The van der Waals surface area contributed by atoms with E-state index in [0.29, 0.717) is 29.4 Å². The molecule has 1 aromatic heterocycles. The minimum absolute atomic E-state index is 0.0542. The molecule has 5 rings (SSSR count). The van der Waals surface area contributed by atoms with Crippen molar-refractivity contribution in [3.8, 4) is 5.75 Å². The largest absolute Gasteiger partial charge is 0.483 e. The molecule has 1 saturated carbocycles. The highest BCUT2D eigenvalue weighted by molar-refractivity contribution is 5.29. The van der Waals surface area contributed by atoms with Crippen LogP contribution < -0.4 is 15.5 Å². The summed E-state index contributed by atoms with van der Waals surface area (Å²) < 4.78 is 11.7. The van der Waals surface area contributed by atoms with Crippen LogP contribution in [0, 0.1) is 11.3 Å². The van der Waals surface area contributed by atoms with Gasteiger partial charge in [0.15, 0.2) is 0 Å². The van der Waals surface area contributed by atoms with Gasteiger partial charge in [-0.2, -0.15) is 0 Å². The zero-order chi connectivity index (χ0) is 19.1. The zero-order valence-electron chi connectivity index (χ0n) is 16.4. The minimum atomic E-state index is -0.0788. The van der Waals surface area contributed by atoms with E-state index >= 15 is 0 Å². The molecule has 1 N–H and O–H groups in total. The number of fused-ring (bicyclic) bond motifs is 1. The van der Waals surface area contributed by atoms with E-state index in [1.165, 1.54) is 30.2 Å². The number of rotatable bonds is 5. The van der Waals surface area contributed by atoms with Gasteiger partial charge in [0.1, 0.15) is 12.0 Å². The number of nitrogens with zero attached hydrogens (tertiary/aromatic N) is 1. The second-order valence-corrected chi connectivity index (χ2v) is 8.90. The molecule has 3 aliphatic rings. The summed E-state index contributed by atoms with van der Waals surface area (Å²) in [6.07, 6.45) is 4.99. The number of nitrogens with one attached hydrogen (secondary N) is 1. The lowest BCUT2D eigenvalue weighted by atomic mass is 9.57. The Labute approximate surface area is 165 Å². The summed E-state index contributed by atoms with van der Waals surface area (Å²) in [4.78, 5) is 14.8. The fourth-order valence-corrected chi connectivity index (χ4v) is 4.97. The molecule has 148 valence electrons. The van der Waals surface area contributed by atoms with E-state index in [9.17, 15) is 4.79 Å². The van der Waals surface area contributed by atoms with Crippen molar-refractivity contribution in [1.29, 1.82) is 0 Å². The highest BCUT2D eigenvalue weighted by atomic mass is 16.5. The summed E-state index contributed by atoms with van der Waals surface area (Å²) in [7, 11) is 0. The summed E-state index contributed by atoms with van der Waals surface area (Å²) in [5, 5.41) is 3.36. The molecule has 2 aliphatic heterocycles. The molecule has 1 spiro atoms. The molecule has 1 aliphatic carbocycles. The Morgan fingerprint density at radius 3 is 2.79 bits per heavy atom. The van der Waals surface area contributed by atoms with Crippen LogP contribution in [0.25, 0.3) is 0 Å². The number of benzene rings is 1. The first-order valence-electron chi connectivity index (χ1n) is 10.4. The van der Waals surface area contributed by atoms with Gasteiger partial charge in [0, 0.05) is 32.2 Å². The first-order valence-corrected chi connectivity index (χ1v) is 10.4. The molecule has 5 nitrogen and oxygen atoms in total. The molecule has 0 radical (unpaired) electrons. The molecule has 5 heteroatoms. The number of hydrogen-bond acceptors (Lipinski definition) is 5. The summed E-state index contributed by atoms with van der Waals surface area (Å²) in [6, 6.07) is 10.2. The van der Waals surface area contributed by atoms with Crippen LogP contribution in [-0.4, -0.2) is 30.6 Å². The van der Waals surface area contributed by atoms with Gasteiger partial charge < -0.3 is 14.5 Å². The predicted molar refractivity (Wildman–Crippen MR) is 107 cm³/mol. The Kier molecular flexibility index (Phi) is 4.52. The Morgan fingerprint density at radius 1 is 1.29 bits per heavy atom. The maximum Gasteiger partial charge on any atom is 0.227 e. The van der Waals surface area contributed by atoms with Crippen molar-refractivity contribution in [2.75, 3.05) is 19.6 Å². The minimum Gasteiger partial charge on any atom is -0.483 e. The Balaban J connectivity index is 1.19. The van der Waals surface area contributed by atoms with E-state index in [0.717, 1.165) is 32.6 Å². The van der Waals surface area contributed by atoms with Crippen LogP contribution in [0.5, 0.6) is 5.75 Å². The maximum atomic E-state index is 12.5. The molecule has 2 fully saturated rings. The van der Waals surface area contributed by atoms with E-state index in [1.807, 2.05) is 0 Å². The maximum absolute atomic E-state index is 12.5. The van der Waals surface area contributed by atoms with Crippen molar-refractivity contribution in [1.82, 2.24) is 10.2 Å². The Morgan fingerprint density at radius 2 is 2.07 bits per heavy atom. The molecule has 28 heavy (non-hydrogen) atoms. The predicted octanol–water partition coefficient (Wildman–Crippen LogP) is 2.97. The smallest absolute Gasteiger partial charge is 0.227 e. The lowest BCUT2D eigenvalue weighted by Crippen LogP contribution is -2.62. The second kappa shape index (κ2) is 7.05. The molecule has 3 heterocycles. The molecular formula is C23H28N2O3. The Bertz CT molecular complexity index is 910. The van der Waals surface area contributed by atoms with Crippen molar-refractivity contribution in [3.05, 3.63) is 63.7 Å². The van der Waals surface area contributed by atoms with Gasteiger partial charge in [0.05, 0.1) is 12.6 Å². The van der Waals surface area contributed by atoms with E-state index in [2.05, 4.69) is 41.4 Å². The van der Waals surface area contributed by atoms with Crippen LogP contribution in [0.15, 0.2) is 45.8 Å². The first-order chi connectivity index (χ1) is 13.6. The fourth-order valence-electron chi connectivity index (χ4n) is 4.97. The fraction of sp³-hybridized carbons (Fsp3) is 0.522. The van der Waals surface area contributed by atoms with E-state index < -0.39 is 0 Å². The molecule has 1 atom stereocenters. The SMILES string of the molecule is CC(Oc1coc(CN2CCc3ccccc3C2)cc1=O)C1CC2(CNC2)C1. The third kappa shape index (κ3) is 3.38. The highest BCUT2D eigenvalue weighted by Crippen LogP contribution is 2.50. The van der Waals surface area contributed by atoms with Gasteiger partial charge in [-0.15, -0.1) is 0 Å². The van der Waals surface area contributed by atoms with Gasteiger partial charge in [-0.1, -0.05) is 24.3 Å². The quantitative estimate of drug-likeness (QED) is 0.864. The van der Waals surface area contributed by atoms with E-state index in [1.54, 1.807) is 6.07 Å². The van der Waals surface area contributed by atoms with Gasteiger partial charge in [0.2, 0.25) is 11.2 Å². The number of ether oxygens (including phenoxy) is 1. The normalized spacial score (nSPS) is 22.2. The van der Waals surface area contributed by atoms with Gasteiger partial charge in [-0.25, -0.2) is 0 Å². The number of hydrogen-bond donors (Lipinski definition) is 1. The zero-order valence-corrected chi connectivity index (χ0v) is 16.4. The summed E-state index contributed by atoms with van der Waals surface area (Å²) in [5.74, 6) is 1.58. The van der Waals surface area contributed by atoms with Crippen molar-refractivity contribution in [3.63, 3.8) is 0 Å². The lowest BCUT2D eigenvalue weighted by Gasteiger charge is -2.55. The molecule has 0 bridgehead atoms. The van der Waals surface area contributed by atoms with Crippen molar-refractivity contribution in [2.24, 2.45) is 11.3 Å². The Hall–Kier alpha value is -2.11. The van der Waals surface area contributed by atoms with E-state index in [4.69, 9.17) is 9.15 Å². The third-order valence-electron chi connectivity index (χ3n) is 6.81. The van der Waals surface area contributed by atoms with Crippen molar-refractivity contribution in [2.45, 2.75) is 45.4 Å². The molecule has 1 aromatic carbocycles. The third-order valence-corrected chi connectivity index (χ3v) is 6.81. The highest BCUT2D eigenvalue weighted by Gasteiger charge is 2.50. The van der Waals surface area contributed by atoms with Crippen molar-refractivity contribution < 1.29 is 9.15 Å². The van der Waals surface area contributed by atoms with Gasteiger partial charge in [0.25, 0.3) is 0 Å². The summed E-state index contributed by atoms with van der Waals surface area (Å²) >= 11 is 0. The van der Waals surface area contributed by atoms with Crippen LogP contribution in [-0.2, 0) is 19.5 Å².